The van der Waals surface area contributed by atoms with Crippen LogP contribution in [0, 0.1) is 17.7 Å². The van der Waals surface area contributed by atoms with Gasteiger partial charge in [-0.1, -0.05) is 11.8 Å². The van der Waals surface area contributed by atoms with Gasteiger partial charge in [-0.25, -0.2) is 4.39 Å². The second-order valence-electron chi connectivity index (χ2n) is 1.83. The molecule has 11 heavy (non-hydrogen) atoms. The lowest BCUT2D eigenvalue weighted by atomic mass is 10.3. The summed E-state index contributed by atoms with van der Waals surface area (Å²) in [6.45, 7) is 0. The van der Waals surface area contributed by atoms with Crippen LogP contribution in [0.2, 0.25) is 0 Å². The predicted molar refractivity (Wildman–Crippen MR) is 41.8 cm³/mol. The van der Waals surface area contributed by atoms with Crippen LogP contribution in [0.1, 0.15) is 5.56 Å². The first kappa shape index (κ1) is 8.03. The quantitative estimate of drug-likeness (QED) is 0.427. The van der Waals surface area contributed by atoms with E-state index in [2.05, 4.69) is 16.8 Å². The molecule has 0 fully saturated rings. The van der Waals surface area contributed by atoms with E-state index in [1.54, 1.807) is 0 Å². The lowest BCUT2D eigenvalue weighted by molar-refractivity contribution is 0.621. The van der Waals surface area contributed by atoms with Crippen molar-refractivity contribution in [3.05, 3.63) is 29.8 Å². The maximum Gasteiger partial charge on any atom is 0.142 e. The molecule has 0 saturated carbocycles. The summed E-state index contributed by atoms with van der Waals surface area (Å²) >= 11 is 5.30. The van der Waals surface area contributed by atoms with Crippen LogP contribution in [0.5, 0.6) is 0 Å². The van der Waals surface area contributed by atoms with Crippen molar-refractivity contribution in [2.45, 2.75) is 0 Å². The molecule has 0 bridgehead atoms. The normalized spacial score (nSPS) is 8.55. The highest BCUT2D eigenvalue weighted by Gasteiger charge is 1.89. The lowest BCUT2D eigenvalue weighted by Crippen LogP contribution is -1.80. The van der Waals surface area contributed by atoms with E-state index in [4.69, 9.17) is 11.6 Å². The molecule has 0 aliphatic heterocycles. The van der Waals surface area contributed by atoms with Crippen molar-refractivity contribution in [3.8, 4) is 11.8 Å². The zero-order chi connectivity index (χ0) is 8.10. The third-order valence-electron chi connectivity index (χ3n) is 1.00. The number of hydrogen-bond acceptors (Lipinski definition) is 1. The van der Waals surface area contributed by atoms with Crippen LogP contribution < -0.4 is 0 Å². The van der Waals surface area contributed by atoms with Crippen LogP contribution in [0.15, 0.2) is 18.5 Å². The van der Waals surface area contributed by atoms with Gasteiger partial charge in [-0.05, 0) is 6.07 Å². The highest BCUT2D eigenvalue weighted by molar-refractivity contribution is 6.19. The molecule has 0 unspecified atom stereocenters. The molecule has 0 spiro atoms. The minimum atomic E-state index is -0.383. The van der Waals surface area contributed by atoms with Crippen molar-refractivity contribution in [1.82, 2.24) is 4.98 Å². The number of hydrogen-bond donors (Lipinski definition) is 0. The Balaban J connectivity index is 2.87. The van der Waals surface area contributed by atoms with Gasteiger partial charge in [0.05, 0.1) is 12.1 Å². The molecule has 1 aromatic rings. The van der Waals surface area contributed by atoms with E-state index < -0.39 is 0 Å². The maximum atomic E-state index is 12.4. The van der Waals surface area contributed by atoms with E-state index in [1.165, 1.54) is 12.3 Å². The molecular weight excluding hydrogens is 165 g/mol. The van der Waals surface area contributed by atoms with Gasteiger partial charge in [0.15, 0.2) is 0 Å². The summed E-state index contributed by atoms with van der Waals surface area (Å²) in [5, 5.41) is 0. The van der Waals surface area contributed by atoms with Crippen molar-refractivity contribution >= 4 is 11.6 Å². The topological polar surface area (TPSA) is 12.9 Å². The van der Waals surface area contributed by atoms with Crippen LogP contribution in [-0.2, 0) is 0 Å². The Hall–Kier alpha value is -1.07. The van der Waals surface area contributed by atoms with Crippen LogP contribution >= 0.6 is 11.6 Å². The van der Waals surface area contributed by atoms with E-state index in [-0.39, 0.29) is 11.7 Å². The van der Waals surface area contributed by atoms with Crippen molar-refractivity contribution in [2.24, 2.45) is 0 Å². The first-order valence-electron chi connectivity index (χ1n) is 2.98. The standard InChI is InChI=1S/C8H5ClFN/c9-3-1-2-7-4-8(10)6-11-5-7/h4-6H,3H2. The van der Waals surface area contributed by atoms with Gasteiger partial charge in [-0.15, -0.1) is 11.6 Å². The minimum absolute atomic E-state index is 0.247. The van der Waals surface area contributed by atoms with Crippen molar-refractivity contribution in [1.29, 1.82) is 0 Å². The third-order valence-corrected chi connectivity index (χ3v) is 1.14. The number of rotatable bonds is 0. The Morgan fingerprint density at radius 1 is 1.55 bits per heavy atom. The Labute approximate surface area is 69.2 Å². The molecular formula is C8H5ClFN. The van der Waals surface area contributed by atoms with Gasteiger partial charge in [-0.3, -0.25) is 4.98 Å². The van der Waals surface area contributed by atoms with E-state index in [1.807, 2.05) is 0 Å². The molecule has 1 aromatic heterocycles. The summed E-state index contributed by atoms with van der Waals surface area (Å²) in [6.07, 6.45) is 2.62. The lowest BCUT2D eigenvalue weighted by Gasteiger charge is -1.87. The van der Waals surface area contributed by atoms with Gasteiger partial charge in [-0.2, -0.15) is 0 Å². The Morgan fingerprint density at radius 2 is 2.36 bits per heavy atom. The van der Waals surface area contributed by atoms with E-state index in [9.17, 15) is 4.39 Å². The van der Waals surface area contributed by atoms with Gasteiger partial charge in [0.25, 0.3) is 0 Å². The Morgan fingerprint density at radius 3 is 3.00 bits per heavy atom. The summed E-state index contributed by atoms with van der Waals surface area (Å²) in [4.78, 5) is 3.62. The SMILES string of the molecule is Fc1cncc(C#CCCl)c1. The fourth-order valence-corrected chi connectivity index (χ4v) is 0.683. The van der Waals surface area contributed by atoms with E-state index in [0.717, 1.165) is 6.20 Å². The predicted octanol–water partition coefficient (Wildman–Crippen LogP) is 1.81. The van der Waals surface area contributed by atoms with Gasteiger partial charge >= 0.3 is 0 Å². The summed E-state index contributed by atoms with van der Waals surface area (Å²) < 4.78 is 12.4. The summed E-state index contributed by atoms with van der Waals surface area (Å²) in [5.41, 5.74) is 0.547. The smallest absolute Gasteiger partial charge is 0.142 e. The first-order chi connectivity index (χ1) is 5.33. The maximum absolute atomic E-state index is 12.4. The van der Waals surface area contributed by atoms with Gasteiger partial charge < -0.3 is 0 Å². The molecule has 1 nitrogen and oxygen atoms in total. The summed E-state index contributed by atoms with van der Waals surface area (Å²) in [6, 6.07) is 1.31. The minimum Gasteiger partial charge on any atom is -0.260 e. The molecule has 0 aliphatic carbocycles. The second kappa shape index (κ2) is 3.95. The monoisotopic (exact) mass is 169 g/mol. The largest absolute Gasteiger partial charge is 0.260 e. The molecule has 0 N–H and O–H groups in total. The highest BCUT2D eigenvalue weighted by Crippen LogP contribution is 1.97. The first-order valence-corrected chi connectivity index (χ1v) is 3.52. The van der Waals surface area contributed by atoms with Crippen LogP contribution in [-0.4, -0.2) is 10.9 Å². The van der Waals surface area contributed by atoms with Crippen molar-refractivity contribution in [2.75, 3.05) is 5.88 Å². The molecule has 3 heteroatoms. The molecule has 0 radical (unpaired) electrons. The van der Waals surface area contributed by atoms with E-state index >= 15 is 0 Å². The third kappa shape index (κ3) is 2.57. The molecule has 0 aliphatic rings. The van der Waals surface area contributed by atoms with Crippen molar-refractivity contribution < 1.29 is 4.39 Å². The van der Waals surface area contributed by atoms with Gasteiger partial charge in [0.1, 0.15) is 5.82 Å². The van der Waals surface area contributed by atoms with Crippen LogP contribution in [0.25, 0.3) is 0 Å². The molecule has 0 aromatic carbocycles. The average Bonchev–Trinajstić information content (AvgIpc) is 2.01. The zero-order valence-electron chi connectivity index (χ0n) is 5.64. The molecule has 1 heterocycles. The Bertz CT molecular complexity index is 300. The number of pyridine rings is 1. The van der Waals surface area contributed by atoms with Gasteiger partial charge in [0, 0.05) is 11.8 Å². The van der Waals surface area contributed by atoms with Gasteiger partial charge in [0.2, 0.25) is 0 Å². The molecule has 0 atom stereocenters. The Kier molecular flexibility index (Phi) is 2.88. The molecule has 0 amide bonds. The molecule has 0 saturated heterocycles. The second-order valence-corrected chi connectivity index (χ2v) is 2.09. The molecule has 1 rings (SSSR count). The van der Waals surface area contributed by atoms with Crippen molar-refractivity contribution in [3.63, 3.8) is 0 Å². The van der Waals surface area contributed by atoms with E-state index in [0.29, 0.717) is 5.56 Å². The highest BCUT2D eigenvalue weighted by atomic mass is 35.5. The average molecular weight is 170 g/mol. The summed E-state index contributed by atoms with van der Waals surface area (Å²) in [7, 11) is 0. The zero-order valence-corrected chi connectivity index (χ0v) is 6.40. The number of nitrogens with zero attached hydrogens (tertiary/aromatic N) is 1. The summed E-state index contributed by atoms with van der Waals surface area (Å²) in [5.74, 6) is 5.11. The molecule has 56 valence electrons. The number of alkyl halides is 1. The fourth-order valence-electron chi connectivity index (χ4n) is 0.616. The fraction of sp³-hybridized carbons (Fsp3) is 0.125. The van der Waals surface area contributed by atoms with Crippen LogP contribution in [0.4, 0.5) is 4.39 Å². The number of halogens is 2. The number of aromatic nitrogens is 1. The van der Waals surface area contributed by atoms with Crippen LogP contribution in [0.3, 0.4) is 0 Å².